The summed E-state index contributed by atoms with van der Waals surface area (Å²) in [6, 6.07) is 0. The smallest absolute Gasteiger partial charge is 0.202 e. The molecule has 0 aliphatic carbocycles. The molecule has 1 aromatic rings. The number of rotatable bonds is 4. The van der Waals surface area contributed by atoms with Crippen LogP contribution in [0.1, 0.15) is 45.6 Å². The summed E-state index contributed by atoms with van der Waals surface area (Å²) >= 11 is 0.857. The summed E-state index contributed by atoms with van der Waals surface area (Å²) in [5.41, 5.74) is 0.337. The van der Waals surface area contributed by atoms with E-state index in [-0.39, 0.29) is 5.41 Å². The lowest BCUT2D eigenvalue weighted by Crippen LogP contribution is -2.21. The molecule has 1 aromatic heterocycles. The molecule has 0 amide bonds. The monoisotopic (exact) mass is 218 g/mol. The number of thiophene rings is 1. The first-order valence-corrected chi connectivity index (χ1v) is 5.86. The molecule has 0 N–H and O–H groups in total. The van der Waals surface area contributed by atoms with Gasteiger partial charge in [0.05, 0.1) is 0 Å². The molecule has 0 aliphatic heterocycles. The summed E-state index contributed by atoms with van der Waals surface area (Å²) in [5, 5.41) is 0.930. The van der Waals surface area contributed by atoms with Crippen LogP contribution in [-0.2, 0) is 5.41 Å². The fourth-order valence-corrected chi connectivity index (χ4v) is 2.60. The molecule has 80 valence electrons. The molecule has 0 saturated carbocycles. The summed E-state index contributed by atoms with van der Waals surface area (Å²) in [5.74, 6) is -0.646. The summed E-state index contributed by atoms with van der Waals surface area (Å²) < 4.78 is 26.3. The molecule has 0 bridgehead atoms. The zero-order chi connectivity index (χ0) is 10.8. The highest BCUT2D eigenvalue weighted by molar-refractivity contribution is 7.08. The van der Waals surface area contributed by atoms with Gasteiger partial charge in [-0.15, -0.1) is 11.3 Å². The van der Waals surface area contributed by atoms with Crippen molar-refractivity contribution in [1.82, 2.24) is 0 Å². The Bertz CT molecular complexity index is 306. The second kappa shape index (κ2) is 4.39. The van der Waals surface area contributed by atoms with Crippen molar-refractivity contribution in [2.24, 2.45) is 0 Å². The van der Waals surface area contributed by atoms with Gasteiger partial charge in [-0.3, -0.25) is 0 Å². The fourth-order valence-electron chi connectivity index (χ4n) is 1.78. The van der Waals surface area contributed by atoms with Gasteiger partial charge in [0, 0.05) is 10.9 Å². The van der Waals surface area contributed by atoms with Crippen LogP contribution in [-0.4, -0.2) is 0 Å². The zero-order valence-electron chi connectivity index (χ0n) is 8.86. The van der Waals surface area contributed by atoms with E-state index in [2.05, 4.69) is 6.92 Å². The standard InChI is InChI=1S/C11H16F2S/c1-4-6-11(3,5-2)8-7-14-10(13)9(8)12/h7H,4-6H2,1-3H3. The molecular formula is C11H16F2S. The van der Waals surface area contributed by atoms with E-state index in [1.54, 1.807) is 5.38 Å². The van der Waals surface area contributed by atoms with Crippen LogP contribution in [0.25, 0.3) is 0 Å². The van der Waals surface area contributed by atoms with E-state index in [1.165, 1.54) is 0 Å². The van der Waals surface area contributed by atoms with Gasteiger partial charge in [0.1, 0.15) is 0 Å². The molecule has 14 heavy (non-hydrogen) atoms. The summed E-state index contributed by atoms with van der Waals surface area (Å²) in [6.07, 6.45) is 2.73. The van der Waals surface area contributed by atoms with Crippen molar-refractivity contribution in [1.29, 1.82) is 0 Å². The average Bonchev–Trinajstić information content (AvgIpc) is 2.48. The molecule has 1 rings (SSSR count). The Morgan fingerprint density at radius 1 is 1.36 bits per heavy atom. The van der Waals surface area contributed by atoms with Gasteiger partial charge < -0.3 is 0 Å². The zero-order valence-corrected chi connectivity index (χ0v) is 9.68. The lowest BCUT2D eigenvalue weighted by molar-refractivity contribution is 0.388. The van der Waals surface area contributed by atoms with Gasteiger partial charge in [-0.05, 0) is 18.3 Å². The summed E-state index contributed by atoms with van der Waals surface area (Å²) in [6.45, 7) is 6.08. The first-order chi connectivity index (χ1) is 6.55. The van der Waals surface area contributed by atoms with Gasteiger partial charge in [-0.25, -0.2) is 4.39 Å². The molecule has 0 saturated heterocycles. The minimum Gasteiger partial charge on any atom is -0.202 e. The molecule has 0 radical (unpaired) electrons. The molecule has 0 spiro atoms. The topological polar surface area (TPSA) is 0 Å². The molecule has 0 fully saturated rings. The van der Waals surface area contributed by atoms with E-state index >= 15 is 0 Å². The van der Waals surface area contributed by atoms with E-state index < -0.39 is 10.9 Å². The van der Waals surface area contributed by atoms with Crippen LogP contribution in [0, 0.1) is 10.9 Å². The lowest BCUT2D eigenvalue weighted by atomic mass is 9.77. The third kappa shape index (κ3) is 1.97. The van der Waals surface area contributed by atoms with Crippen LogP contribution in [0.2, 0.25) is 0 Å². The van der Waals surface area contributed by atoms with Gasteiger partial charge in [-0.2, -0.15) is 4.39 Å². The largest absolute Gasteiger partial charge is 0.212 e. The fraction of sp³-hybridized carbons (Fsp3) is 0.636. The van der Waals surface area contributed by atoms with Crippen LogP contribution in [0.3, 0.4) is 0 Å². The Hall–Kier alpha value is -0.440. The van der Waals surface area contributed by atoms with Gasteiger partial charge >= 0.3 is 0 Å². The molecule has 3 heteroatoms. The Morgan fingerprint density at radius 2 is 2.00 bits per heavy atom. The van der Waals surface area contributed by atoms with Crippen molar-refractivity contribution in [2.75, 3.05) is 0 Å². The molecule has 0 nitrogen and oxygen atoms in total. The van der Waals surface area contributed by atoms with Crippen LogP contribution >= 0.6 is 11.3 Å². The molecule has 0 aromatic carbocycles. The third-order valence-corrected chi connectivity index (χ3v) is 3.66. The molecule has 1 heterocycles. The predicted octanol–water partition coefficient (Wildman–Crippen LogP) is 4.49. The Morgan fingerprint density at radius 3 is 2.36 bits per heavy atom. The minimum atomic E-state index is -0.684. The number of hydrogen-bond donors (Lipinski definition) is 0. The minimum absolute atomic E-state index is 0.209. The van der Waals surface area contributed by atoms with Crippen molar-refractivity contribution >= 4 is 11.3 Å². The second-order valence-corrected chi connectivity index (χ2v) is 4.73. The van der Waals surface area contributed by atoms with Crippen molar-refractivity contribution in [3.63, 3.8) is 0 Å². The van der Waals surface area contributed by atoms with Crippen molar-refractivity contribution < 1.29 is 8.78 Å². The maximum Gasteiger partial charge on any atom is 0.212 e. The quantitative estimate of drug-likeness (QED) is 0.698. The van der Waals surface area contributed by atoms with Crippen molar-refractivity contribution in [2.45, 2.75) is 45.4 Å². The highest BCUT2D eigenvalue weighted by Crippen LogP contribution is 2.37. The number of halogens is 2. The first-order valence-electron chi connectivity index (χ1n) is 4.98. The third-order valence-electron chi connectivity index (χ3n) is 2.92. The molecule has 1 atom stereocenters. The van der Waals surface area contributed by atoms with E-state index in [4.69, 9.17) is 0 Å². The highest BCUT2D eigenvalue weighted by Gasteiger charge is 2.29. The Labute approximate surface area is 88.0 Å². The summed E-state index contributed by atoms with van der Waals surface area (Å²) in [4.78, 5) is 0. The SMILES string of the molecule is CCCC(C)(CC)c1csc(F)c1F. The van der Waals surface area contributed by atoms with Gasteiger partial charge in [0.15, 0.2) is 5.82 Å². The van der Waals surface area contributed by atoms with E-state index in [0.29, 0.717) is 5.56 Å². The van der Waals surface area contributed by atoms with E-state index in [0.717, 1.165) is 30.6 Å². The van der Waals surface area contributed by atoms with Gasteiger partial charge in [0.25, 0.3) is 0 Å². The highest BCUT2D eigenvalue weighted by atomic mass is 32.1. The molecular weight excluding hydrogens is 202 g/mol. The molecule has 0 aliphatic rings. The van der Waals surface area contributed by atoms with E-state index in [1.807, 2.05) is 13.8 Å². The van der Waals surface area contributed by atoms with Gasteiger partial charge in [0.2, 0.25) is 5.13 Å². The van der Waals surface area contributed by atoms with Crippen LogP contribution in [0.15, 0.2) is 5.38 Å². The number of hydrogen-bond acceptors (Lipinski definition) is 1. The maximum absolute atomic E-state index is 13.4. The predicted molar refractivity (Wildman–Crippen MR) is 56.8 cm³/mol. The normalized spacial score (nSPS) is 15.5. The summed E-state index contributed by atoms with van der Waals surface area (Å²) in [7, 11) is 0. The van der Waals surface area contributed by atoms with Crippen LogP contribution in [0.4, 0.5) is 8.78 Å². The van der Waals surface area contributed by atoms with Crippen LogP contribution in [0.5, 0.6) is 0 Å². The Balaban J connectivity index is 3.05. The molecule has 1 unspecified atom stereocenters. The lowest BCUT2D eigenvalue weighted by Gasteiger charge is -2.27. The van der Waals surface area contributed by atoms with Crippen LogP contribution < -0.4 is 0 Å². The van der Waals surface area contributed by atoms with E-state index in [9.17, 15) is 8.78 Å². The van der Waals surface area contributed by atoms with Crippen molar-refractivity contribution in [3.05, 3.63) is 21.9 Å². The average molecular weight is 218 g/mol. The second-order valence-electron chi connectivity index (χ2n) is 3.90. The Kier molecular flexibility index (Phi) is 3.65. The maximum atomic E-state index is 13.4. The van der Waals surface area contributed by atoms with Gasteiger partial charge in [-0.1, -0.05) is 27.2 Å². The first kappa shape index (κ1) is 11.6. The van der Waals surface area contributed by atoms with Crippen molar-refractivity contribution in [3.8, 4) is 0 Å².